The van der Waals surface area contributed by atoms with Gasteiger partial charge in [-0.15, -0.1) is 0 Å². The Kier molecular flexibility index (Phi) is 1.05. The molecule has 0 bridgehead atoms. The standard InChI is InChI=1S/C3H8N2O/c1-3-2-4-6-5-3/h3-5H,2H2,1H3/t3-/m1/s1. The number of nitrogens with one attached hydrogen (secondary N) is 2. The van der Waals surface area contributed by atoms with Gasteiger partial charge >= 0.3 is 0 Å². The van der Waals surface area contributed by atoms with Crippen molar-refractivity contribution in [3.8, 4) is 0 Å². The van der Waals surface area contributed by atoms with Crippen molar-refractivity contribution in [2.45, 2.75) is 13.0 Å². The number of hydrogen-bond donors (Lipinski definition) is 2. The lowest BCUT2D eigenvalue weighted by Gasteiger charge is -1.90. The van der Waals surface area contributed by atoms with Crippen molar-refractivity contribution >= 4 is 0 Å². The summed E-state index contributed by atoms with van der Waals surface area (Å²) in [6, 6.07) is 0.463. The van der Waals surface area contributed by atoms with Gasteiger partial charge in [-0.05, 0) is 6.92 Å². The van der Waals surface area contributed by atoms with E-state index in [0.29, 0.717) is 6.04 Å². The zero-order valence-electron chi connectivity index (χ0n) is 3.69. The molecule has 0 aromatic rings. The Labute approximate surface area is 36.6 Å². The fourth-order valence-electron chi connectivity index (χ4n) is 0.351. The van der Waals surface area contributed by atoms with Gasteiger partial charge in [0.25, 0.3) is 0 Å². The van der Waals surface area contributed by atoms with Gasteiger partial charge in [0.15, 0.2) is 0 Å². The zero-order valence-corrected chi connectivity index (χ0v) is 3.69. The number of hydrogen-bond acceptors (Lipinski definition) is 3. The minimum absolute atomic E-state index is 0.463. The van der Waals surface area contributed by atoms with E-state index in [1.165, 1.54) is 0 Å². The molecule has 0 spiro atoms. The van der Waals surface area contributed by atoms with Crippen LogP contribution in [0.2, 0.25) is 0 Å². The van der Waals surface area contributed by atoms with Crippen LogP contribution in [0.1, 0.15) is 6.92 Å². The molecular weight excluding hydrogens is 80.0 g/mol. The van der Waals surface area contributed by atoms with Gasteiger partial charge < -0.3 is 0 Å². The Morgan fingerprint density at radius 2 is 2.67 bits per heavy atom. The van der Waals surface area contributed by atoms with Crippen LogP contribution in [0, 0.1) is 0 Å². The minimum Gasteiger partial charge on any atom is -0.214 e. The Hall–Kier alpha value is -0.120. The van der Waals surface area contributed by atoms with Crippen molar-refractivity contribution in [1.29, 1.82) is 0 Å². The fraction of sp³-hybridized carbons (Fsp3) is 1.00. The Balaban J connectivity index is 2.18. The first-order valence-corrected chi connectivity index (χ1v) is 2.04. The second-order valence-corrected chi connectivity index (χ2v) is 1.47. The molecule has 2 N–H and O–H groups in total. The van der Waals surface area contributed by atoms with Gasteiger partial charge in [-0.3, -0.25) is 0 Å². The predicted octanol–water partition coefficient (Wildman–Crippen LogP) is -0.586. The van der Waals surface area contributed by atoms with E-state index >= 15 is 0 Å². The van der Waals surface area contributed by atoms with E-state index in [1.807, 2.05) is 6.92 Å². The highest BCUT2D eigenvalue weighted by Crippen LogP contribution is 1.82. The maximum Gasteiger partial charge on any atom is 0.0461 e. The Morgan fingerprint density at radius 3 is 2.83 bits per heavy atom. The summed E-state index contributed by atoms with van der Waals surface area (Å²) in [6.07, 6.45) is 0. The lowest BCUT2D eigenvalue weighted by Crippen LogP contribution is -2.17. The average Bonchev–Trinajstić information content (AvgIpc) is 1.86. The maximum absolute atomic E-state index is 4.56. The first kappa shape index (κ1) is 4.05. The summed E-state index contributed by atoms with van der Waals surface area (Å²) >= 11 is 0. The summed E-state index contributed by atoms with van der Waals surface area (Å²) in [5.41, 5.74) is 5.37. The minimum atomic E-state index is 0.463. The van der Waals surface area contributed by atoms with E-state index in [2.05, 4.69) is 15.9 Å². The van der Waals surface area contributed by atoms with Crippen molar-refractivity contribution < 1.29 is 4.94 Å². The normalized spacial score (nSPS) is 34.5. The number of hydroxylamine groups is 2. The predicted molar refractivity (Wildman–Crippen MR) is 21.7 cm³/mol. The molecule has 1 rings (SSSR count). The van der Waals surface area contributed by atoms with Gasteiger partial charge in [0.2, 0.25) is 0 Å². The van der Waals surface area contributed by atoms with E-state index in [9.17, 15) is 0 Å². The van der Waals surface area contributed by atoms with Gasteiger partial charge in [-0.25, -0.2) is 4.94 Å². The molecule has 0 aromatic carbocycles. The lowest BCUT2D eigenvalue weighted by atomic mass is 10.4. The molecule has 1 atom stereocenters. The molecule has 3 heteroatoms. The fourth-order valence-corrected chi connectivity index (χ4v) is 0.351. The third-order valence-corrected chi connectivity index (χ3v) is 0.722. The Bertz CT molecular complexity index is 42.1. The van der Waals surface area contributed by atoms with Crippen LogP contribution in [0.25, 0.3) is 0 Å². The van der Waals surface area contributed by atoms with E-state index in [1.54, 1.807) is 0 Å². The van der Waals surface area contributed by atoms with Gasteiger partial charge in [-0.2, -0.15) is 11.0 Å². The molecule has 0 radical (unpaired) electrons. The summed E-state index contributed by atoms with van der Waals surface area (Å²) in [5.74, 6) is 0. The van der Waals surface area contributed by atoms with Crippen LogP contribution in [0.15, 0.2) is 0 Å². The topological polar surface area (TPSA) is 33.3 Å². The lowest BCUT2D eigenvalue weighted by molar-refractivity contribution is 0.0162. The van der Waals surface area contributed by atoms with Gasteiger partial charge in [0.1, 0.15) is 0 Å². The van der Waals surface area contributed by atoms with Crippen LogP contribution in [0.5, 0.6) is 0 Å². The Morgan fingerprint density at radius 1 is 1.83 bits per heavy atom. The zero-order chi connectivity index (χ0) is 4.41. The van der Waals surface area contributed by atoms with Crippen molar-refractivity contribution in [3.63, 3.8) is 0 Å². The highest BCUT2D eigenvalue weighted by molar-refractivity contribution is 4.56. The molecular formula is C3H8N2O. The summed E-state index contributed by atoms with van der Waals surface area (Å²) in [5, 5.41) is 0. The smallest absolute Gasteiger partial charge is 0.0461 e. The van der Waals surface area contributed by atoms with Crippen LogP contribution in [0.4, 0.5) is 0 Å². The van der Waals surface area contributed by atoms with Gasteiger partial charge in [0.05, 0.1) is 0 Å². The molecule has 1 aliphatic rings. The largest absolute Gasteiger partial charge is 0.214 e. The van der Waals surface area contributed by atoms with Crippen molar-refractivity contribution in [1.82, 2.24) is 11.0 Å². The summed E-state index contributed by atoms with van der Waals surface area (Å²) in [6.45, 7) is 2.94. The van der Waals surface area contributed by atoms with Crippen LogP contribution in [0.3, 0.4) is 0 Å². The van der Waals surface area contributed by atoms with Crippen LogP contribution in [-0.4, -0.2) is 12.6 Å². The summed E-state index contributed by atoms with van der Waals surface area (Å²) in [4.78, 5) is 4.56. The molecule has 0 saturated carbocycles. The van der Waals surface area contributed by atoms with Crippen molar-refractivity contribution in [3.05, 3.63) is 0 Å². The average molecular weight is 88.1 g/mol. The van der Waals surface area contributed by atoms with Crippen molar-refractivity contribution in [2.75, 3.05) is 6.54 Å². The molecule has 0 aromatic heterocycles. The van der Waals surface area contributed by atoms with Gasteiger partial charge in [0, 0.05) is 12.6 Å². The quantitative estimate of drug-likeness (QED) is 0.415. The maximum atomic E-state index is 4.56. The molecule has 1 saturated heterocycles. The van der Waals surface area contributed by atoms with E-state index in [0.717, 1.165) is 6.54 Å². The molecule has 6 heavy (non-hydrogen) atoms. The molecule has 36 valence electrons. The highest BCUT2D eigenvalue weighted by Gasteiger charge is 2.05. The monoisotopic (exact) mass is 88.1 g/mol. The van der Waals surface area contributed by atoms with E-state index in [4.69, 9.17) is 0 Å². The van der Waals surface area contributed by atoms with Crippen molar-refractivity contribution in [2.24, 2.45) is 0 Å². The van der Waals surface area contributed by atoms with E-state index < -0.39 is 0 Å². The highest BCUT2D eigenvalue weighted by atomic mass is 16.8. The third kappa shape index (κ3) is 0.680. The van der Waals surface area contributed by atoms with E-state index in [-0.39, 0.29) is 0 Å². The van der Waals surface area contributed by atoms with Crippen LogP contribution >= 0.6 is 0 Å². The molecule has 1 heterocycles. The summed E-state index contributed by atoms with van der Waals surface area (Å²) in [7, 11) is 0. The first-order chi connectivity index (χ1) is 2.89. The molecule has 1 fully saturated rings. The van der Waals surface area contributed by atoms with Gasteiger partial charge in [-0.1, -0.05) is 0 Å². The summed E-state index contributed by atoms with van der Waals surface area (Å²) < 4.78 is 0. The second kappa shape index (κ2) is 1.55. The molecule has 0 amide bonds. The number of rotatable bonds is 0. The third-order valence-electron chi connectivity index (χ3n) is 0.722. The molecule has 0 aliphatic carbocycles. The van der Waals surface area contributed by atoms with Crippen LogP contribution < -0.4 is 11.0 Å². The second-order valence-electron chi connectivity index (χ2n) is 1.47. The molecule has 3 nitrogen and oxygen atoms in total. The SMILES string of the molecule is C[C@@H]1CNON1. The molecule has 0 unspecified atom stereocenters. The first-order valence-electron chi connectivity index (χ1n) is 2.04. The molecule has 1 aliphatic heterocycles. The van der Waals surface area contributed by atoms with Crippen LogP contribution in [-0.2, 0) is 4.94 Å².